The Labute approximate surface area is 105 Å². The molecule has 17 heavy (non-hydrogen) atoms. The number of nitrogens with zero attached hydrogens (tertiary/aromatic N) is 3. The molecule has 1 saturated heterocycles. The normalized spacial score (nSPS) is 17.2. The van der Waals surface area contributed by atoms with Crippen molar-refractivity contribution in [1.82, 2.24) is 14.7 Å². The van der Waals surface area contributed by atoms with E-state index in [0.29, 0.717) is 0 Å². The standard InChI is InChI=1S/C13H23N3O/c1-12(15(4)13(17)14(2)3)8-7-11-16-9-5-6-10-16/h12H,5-6,9-11H2,1-4H3. The second-order valence-electron chi connectivity index (χ2n) is 4.77. The minimum absolute atomic E-state index is 0.00651. The van der Waals surface area contributed by atoms with E-state index in [1.54, 1.807) is 30.9 Å². The Morgan fingerprint density at radius 1 is 1.29 bits per heavy atom. The first-order chi connectivity index (χ1) is 8.02. The fourth-order valence-electron chi connectivity index (χ4n) is 1.82. The lowest BCUT2D eigenvalue weighted by Gasteiger charge is -2.24. The Balaban J connectivity index is 2.39. The lowest BCUT2D eigenvalue weighted by Crippen LogP contribution is -2.41. The largest absolute Gasteiger partial charge is 0.331 e. The Hall–Kier alpha value is -1.21. The summed E-state index contributed by atoms with van der Waals surface area (Å²) in [5, 5.41) is 0. The number of hydrogen-bond acceptors (Lipinski definition) is 2. The van der Waals surface area contributed by atoms with E-state index in [1.807, 2.05) is 6.92 Å². The van der Waals surface area contributed by atoms with Crippen LogP contribution in [0.15, 0.2) is 0 Å². The molecule has 1 rings (SSSR count). The fraction of sp³-hybridized carbons (Fsp3) is 0.769. The van der Waals surface area contributed by atoms with E-state index in [2.05, 4.69) is 16.7 Å². The van der Waals surface area contributed by atoms with Gasteiger partial charge in [-0.2, -0.15) is 0 Å². The minimum Gasteiger partial charge on any atom is -0.331 e. The van der Waals surface area contributed by atoms with Crippen LogP contribution in [0.4, 0.5) is 4.79 Å². The van der Waals surface area contributed by atoms with E-state index in [9.17, 15) is 4.79 Å². The SMILES string of the molecule is CC(C#CCN1CCCC1)N(C)C(=O)N(C)C. The van der Waals surface area contributed by atoms with Crippen molar-refractivity contribution in [2.45, 2.75) is 25.8 Å². The number of rotatable bonds is 2. The van der Waals surface area contributed by atoms with Crippen LogP contribution in [0, 0.1) is 11.8 Å². The highest BCUT2D eigenvalue weighted by molar-refractivity contribution is 5.74. The van der Waals surface area contributed by atoms with Crippen LogP contribution in [0.25, 0.3) is 0 Å². The molecule has 0 aromatic heterocycles. The minimum atomic E-state index is -0.0347. The Bertz CT molecular complexity index is 310. The number of carbonyl (C=O) groups excluding carboxylic acids is 1. The van der Waals surface area contributed by atoms with Crippen LogP contribution in [0.3, 0.4) is 0 Å². The quantitative estimate of drug-likeness (QED) is 0.672. The van der Waals surface area contributed by atoms with Crippen molar-refractivity contribution in [3.63, 3.8) is 0 Å². The van der Waals surface area contributed by atoms with Crippen molar-refractivity contribution in [3.8, 4) is 11.8 Å². The van der Waals surface area contributed by atoms with Crippen LogP contribution in [0.1, 0.15) is 19.8 Å². The highest BCUT2D eigenvalue weighted by Gasteiger charge is 2.15. The molecule has 0 spiro atoms. The van der Waals surface area contributed by atoms with Crippen molar-refractivity contribution in [1.29, 1.82) is 0 Å². The van der Waals surface area contributed by atoms with E-state index in [4.69, 9.17) is 0 Å². The van der Waals surface area contributed by atoms with Gasteiger partial charge in [-0.3, -0.25) is 4.90 Å². The zero-order valence-corrected chi connectivity index (χ0v) is 11.4. The summed E-state index contributed by atoms with van der Waals surface area (Å²) in [6.45, 7) is 5.11. The molecule has 4 heteroatoms. The van der Waals surface area contributed by atoms with Crippen LogP contribution < -0.4 is 0 Å². The fourth-order valence-corrected chi connectivity index (χ4v) is 1.82. The summed E-state index contributed by atoms with van der Waals surface area (Å²) in [6.07, 6.45) is 2.58. The predicted molar refractivity (Wildman–Crippen MR) is 69.8 cm³/mol. The van der Waals surface area contributed by atoms with E-state index in [0.717, 1.165) is 19.6 Å². The maximum absolute atomic E-state index is 11.7. The molecular formula is C13H23N3O. The zero-order chi connectivity index (χ0) is 12.8. The summed E-state index contributed by atoms with van der Waals surface area (Å²) < 4.78 is 0. The lowest BCUT2D eigenvalue weighted by atomic mass is 10.3. The van der Waals surface area contributed by atoms with Crippen LogP contribution >= 0.6 is 0 Å². The summed E-state index contributed by atoms with van der Waals surface area (Å²) in [6, 6.07) is -0.0412. The number of hydrogen-bond donors (Lipinski definition) is 0. The van der Waals surface area contributed by atoms with Gasteiger partial charge in [0, 0.05) is 21.1 Å². The lowest BCUT2D eigenvalue weighted by molar-refractivity contribution is 0.176. The molecule has 1 aliphatic rings. The molecule has 0 aromatic carbocycles. The molecule has 1 unspecified atom stereocenters. The second kappa shape index (κ2) is 6.51. The molecule has 2 amide bonds. The second-order valence-corrected chi connectivity index (χ2v) is 4.77. The molecule has 1 heterocycles. The average molecular weight is 237 g/mol. The van der Waals surface area contributed by atoms with Gasteiger partial charge >= 0.3 is 6.03 Å². The first-order valence-electron chi connectivity index (χ1n) is 6.17. The van der Waals surface area contributed by atoms with Crippen molar-refractivity contribution in [2.24, 2.45) is 0 Å². The molecule has 0 radical (unpaired) electrons. The number of urea groups is 1. The maximum Gasteiger partial charge on any atom is 0.320 e. The molecule has 0 N–H and O–H groups in total. The summed E-state index contributed by atoms with van der Waals surface area (Å²) >= 11 is 0. The first kappa shape index (κ1) is 13.9. The molecule has 1 atom stereocenters. The van der Waals surface area contributed by atoms with Gasteiger partial charge in [0.15, 0.2) is 0 Å². The monoisotopic (exact) mass is 237 g/mol. The predicted octanol–water partition coefficient (Wildman–Crippen LogP) is 1.09. The topological polar surface area (TPSA) is 26.8 Å². The van der Waals surface area contributed by atoms with Gasteiger partial charge in [0.25, 0.3) is 0 Å². The van der Waals surface area contributed by atoms with Gasteiger partial charge in [0.1, 0.15) is 0 Å². The van der Waals surface area contributed by atoms with Gasteiger partial charge in [0.05, 0.1) is 12.6 Å². The van der Waals surface area contributed by atoms with Crippen molar-refractivity contribution < 1.29 is 4.79 Å². The van der Waals surface area contributed by atoms with E-state index in [1.165, 1.54) is 12.8 Å². The summed E-state index contributed by atoms with van der Waals surface area (Å²) in [5.74, 6) is 6.30. The van der Waals surface area contributed by atoms with Gasteiger partial charge in [-0.15, -0.1) is 0 Å². The maximum atomic E-state index is 11.7. The summed E-state index contributed by atoms with van der Waals surface area (Å²) in [7, 11) is 5.30. The van der Waals surface area contributed by atoms with Crippen LogP contribution in [0.5, 0.6) is 0 Å². The third-order valence-electron chi connectivity index (χ3n) is 3.08. The Morgan fingerprint density at radius 2 is 1.88 bits per heavy atom. The smallest absolute Gasteiger partial charge is 0.320 e. The average Bonchev–Trinajstić information content (AvgIpc) is 2.79. The third-order valence-corrected chi connectivity index (χ3v) is 3.08. The molecule has 0 saturated carbocycles. The van der Waals surface area contributed by atoms with Gasteiger partial charge in [-0.05, 0) is 32.9 Å². The van der Waals surface area contributed by atoms with Crippen molar-refractivity contribution >= 4 is 6.03 Å². The Morgan fingerprint density at radius 3 is 2.41 bits per heavy atom. The number of likely N-dealkylation sites (tertiary alicyclic amines) is 1. The summed E-state index contributed by atoms with van der Waals surface area (Å²) in [4.78, 5) is 17.3. The van der Waals surface area contributed by atoms with Crippen LogP contribution in [-0.4, -0.2) is 67.5 Å². The molecule has 4 nitrogen and oxygen atoms in total. The highest BCUT2D eigenvalue weighted by atomic mass is 16.2. The molecule has 0 aromatic rings. The van der Waals surface area contributed by atoms with Crippen LogP contribution in [0.2, 0.25) is 0 Å². The van der Waals surface area contributed by atoms with Gasteiger partial charge < -0.3 is 9.80 Å². The van der Waals surface area contributed by atoms with E-state index < -0.39 is 0 Å². The molecule has 1 fully saturated rings. The number of amides is 2. The first-order valence-corrected chi connectivity index (χ1v) is 6.17. The molecular weight excluding hydrogens is 214 g/mol. The van der Waals surface area contributed by atoms with Gasteiger partial charge in [0.2, 0.25) is 0 Å². The van der Waals surface area contributed by atoms with E-state index >= 15 is 0 Å². The molecule has 96 valence electrons. The van der Waals surface area contributed by atoms with Gasteiger partial charge in [-0.1, -0.05) is 11.8 Å². The Kier molecular flexibility index (Phi) is 5.30. The van der Waals surface area contributed by atoms with Gasteiger partial charge in [-0.25, -0.2) is 4.79 Å². The molecule has 0 bridgehead atoms. The van der Waals surface area contributed by atoms with E-state index in [-0.39, 0.29) is 12.1 Å². The van der Waals surface area contributed by atoms with Crippen LogP contribution in [-0.2, 0) is 0 Å². The van der Waals surface area contributed by atoms with Crippen molar-refractivity contribution in [2.75, 3.05) is 40.8 Å². The highest BCUT2D eigenvalue weighted by Crippen LogP contribution is 2.05. The molecule has 0 aliphatic carbocycles. The number of carbonyl (C=O) groups is 1. The summed E-state index contributed by atoms with van der Waals surface area (Å²) in [5.41, 5.74) is 0. The zero-order valence-electron chi connectivity index (χ0n) is 11.4. The van der Waals surface area contributed by atoms with Crippen molar-refractivity contribution in [3.05, 3.63) is 0 Å². The molecule has 1 aliphatic heterocycles. The third kappa shape index (κ3) is 4.27.